The van der Waals surface area contributed by atoms with Gasteiger partial charge in [0.1, 0.15) is 0 Å². The molecule has 1 fully saturated rings. The third-order valence-electron chi connectivity index (χ3n) is 4.52. The maximum absolute atomic E-state index is 12.3. The summed E-state index contributed by atoms with van der Waals surface area (Å²) in [5, 5.41) is 6.52. The minimum Gasteiger partial charge on any atom is -0.356 e. The lowest BCUT2D eigenvalue weighted by atomic mass is 10.0. The van der Waals surface area contributed by atoms with Crippen LogP contribution in [0.2, 0.25) is 0 Å². The number of amides is 1. The minimum absolute atomic E-state index is 0.240. The number of rotatable bonds is 5. The van der Waals surface area contributed by atoms with Gasteiger partial charge >= 0.3 is 0 Å². The number of aliphatic imine (C=N–C) groups is 1. The number of hydrogen-bond donors (Lipinski definition) is 2. The lowest BCUT2D eigenvalue weighted by Gasteiger charge is -2.33. The molecule has 5 nitrogen and oxygen atoms in total. The first-order chi connectivity index (χ1) is 11.6. The van der Waals surface area contributed by atoms with Crippen LogP contribution in [0.4, 0.5) is 0 Å². The van der Waals surface area contributed by atoms with Gasteiger partial charge in [-0.3, -0.25) is 9.79 Å². The summed E-state index contributed by atoms with van der Waals surface area (Å²) in [5.41, 5.74) is 2.47. The van der Waals surface area contributed by atoms with E-state index in [9.17, 15) is 4.79 Å². The maximum atomic E-state index is 12.3. The van der Waals surface area contributed by atoms with Gasteiger partial charge in [0.05, 0.1) is 0 Å². The van der Waals surface area contributed by atoms with Gasteiger partial charge in [0.2, 0.25) is 5.91 Å². The SMILES string of the molecule is CN=C(NCCC(=O)N1CCCCC1C)NCc1cccc(C)c1. The molecule has 1 unspecified atom stereocenters. The molecule has 1 atom stereocenters. The van der Waals surface area contributed by atoms with E-state index in [1.54, 1.807) is 7.05 Å². The number of nitrogens with zero attached hydrogens (tertiary/aromatic N) is 2. The molecule has 1 aliphatic heterocycles. The van der Waals surface area contributed by atoms with Crippen molar-refractivity contribution in [1.82, 2.24) is 15.5 Å². The van der Waals surface area contributed by atoms with E-state index >= 15 is 0 Å². The molecule has 0 radical (unpaired) electrons. The molecule has 2 rings (SSSR count). The van der Waals surface area contributed by atoms with E-state index in [-0.39, 0.29) is 5.91 Å². The average Bonchev–Trinajstić information content (AvgIpc) is 2.58. The van der Waals surface area contributed by atoms with Gasteiger partial charge in [-0.15, -0.1) is 0 Å². The molecule has 24 heavy (non-hydrogen) atoms. The van der Waals surface area contributed by atoms with E-state index < -0.39 is 0 Å². The van der Waals surface area contributed by atoms with Crippen LogP contribution >= 0.6 is 0 Å². The standard InChI is InChI=1S/C19H30N4O/c1-15-7-6-9-17(13-15)14-22-19(20-3)21-11-10-18(24)23-12-5-4-8-16(23)2/h6-7,9,13,16H,4-5,8,10-12,14H2,1-3H3,(H2,20,21,22). The van der Waals surface area contributed by atoms with Gasteiger partial charge in [-0.2, -0.15) is 0 Å². The second kappa shape index (κ2) is 9.30. The highest BCUT2D eigenvalue weighted by atomic mass is 16.2. The summed E-state index contributed by atoms with van der Waals surface area (Å²) in [5.74, 6) is 0.972. The Morgan fingerprint density at radius 3 is 2.88 bits per heavy atom. The summed E-state index contributed by atoms with van der Waals surface area (Å²) < 4.78 is 0. The van der Waals surface area contributed by atoms with E-state index in [4.69, 9.17) is 0 Å². The fourth-order valence-corrected chi connectivity index (χ4v) is 3.13. The number of carbonyl (C=O) groups excluding carboxylic acids is 1. The van der Waals surface area contributed by atoms with E-state index in [2.05, 4.69) is 53.7 Å². The van der Waals surface area contributed by atoms with E-state index in [0.717, 1.165) is 31.9 Å². The first-order valence-electron chi connectivity index (χ1n) is 8.89. The number of carbonyl (C=O) groups is 1. The van der Waals surface area contributed by atoms with Gasteiger partial charge in [0.25, 0.3) is 0 Å². The minimum atomic E-state index is 0.240. The fraction of sp³-hybridized carbons (Fsp3) is 0.579. The fourth-order valence-electron chi connectivity index (χ4n) is 3.13. The van der Waals surface area contributed by atoms with Crippen LogP contribution in [-0.4, -0.2) is 42.9 Å². The topological polar surface area (TPSA) is 56.7 Å². The van der Waals surface area contributed by atoms with Gasteiger partial charge in [-0.25, -0.2) is 0 Å². The molecule has 0 saturated carbocycles. The number of hydrogen-bond acceptors (Lipinski definition) is 2. The van der Waals surface area contributed by atoms with Gasteiger partial charge in [-0.05, 0) is 38.7 Å². The van der Waals surface area contributed by atoms with Crippen molar-refractivity contribution >= 4 is 11.9 Å². The Bertz CT molecular complexity index is 570. The highest BCUT2D eigenvalue weighted by Crippen LogP contribution is 2.16. The van der Waals surface area contributed by atoms with Gasteiger partial charge in [0.15, 0.2) is 5.96 Å². The first kappa shape index (κ1) is 18.3. The Kier molecular flexibility index (Phi) is 7.09. The molecule has 1 saturated heterocycles. The summed E-state index contributed by atoms with van der Waals surface area (Å²) in [6.45, 7) is 6.46. The van der Waals surface area contributed by atoms with E-state index in [0.29, 0.717) is 19.0 Å². The van der Waals surface area contributed by atoms with Crippen LogP contribution in [0.3, 0.4) is 0 Å². The van der Waals surface area contributed by atoms with Crippen molar-refractivity contribution < 1.29 is 4.79 Å². The largest absolute Gasteiger partial charge is 0.356 e. The molecule has 132 valence electrons. The lowest BCUT2D eigenvalue weighted by molar-refractivity contribution is -0.134. The molecular formula is C19H30N4O. The number of aryl methyl sites for hydroxylation is 1. The quantitative estimate of drug-likeness (QED) is 0.644. The molecule has 0 aromatic heterocycles. The Hall–Kier alpha value is -2.04. The smallest absolute Gasteiger partial charge is 0.224 e. The Labute approximate surface area is 145 Å². The molecule has 1 heterocycles. The van der Waals surface area contributed by atoms with E-state index in [1.807, 2.05) is 4.90 Å². The molecular weight excluding hydrogens is 300 g/mol. The van der Waals surface area contributed by atoms with Crippen molar-refractivity contribution in [3.63, 3.8) is 0 Å². The number of likely N-dealkylation sites (tertiary alicyclic amines) is 1. The number of nitrogens with one attached hydrogen (secondary N) is 2. The summed E-state index contributed by atoms with van der Waals surface area (Å²) in [6, 6.07) is 8.77. The monoisotopic (exact) mass is 330 g/mol. The second-order valence-electron chi connectivity index (χ2n) is 6.52. The summed E-state index contributed by atoms with van der Waals surface area (Å²) in [6.07, 6.45) is 4.00. The molecule has 0 spiro atoms. The number of guanidine groups is 1. The third-order valence-corrected chi connectivity index (χ3v) is 4.52. The van der Waals surface area contributed by atoms with Gasteiger partial charge < -0.3 is 15.5 Å². The molecule has 1 aromatic rings. The van der Waals surface area contributed by atoms with Crippen LogP contribution in [-0.2, 0) is 11.3 Å². The van der Waals surface area contributed by atoms with Crippen molar-refractivity contribution in [2.45, 2.75) is 52.1 Å². The molecule has 0 aliphatic carbocycles. The van der Waals surface area contributed by atoms with Gasteiger partial charge in [-0.1, -0.05) is 29.8 Å². The Morgan fingerprint density at radius 1 is 1.33 bits per heavy atom. The normalized spacial score (nSPS) is 18.4. The molecule has 0 bridgehead atoms. The van der Waals surface area contributed by atoms with Crippen LogP contribution in [0.25, 0.3) is 0 Å². The zero-order chi connectivity index (χ0) is 17.4. The second-order valence-corrected chi connectivity index (χ2v) is 6.52. The predicted molar refractivity (Wildman–Crippen MR) is 99.0 cm³/mol. The maximum Gasteiger partial charge on any atom is 0.224 e. The Morgan fingerprint density at radius 2 is 2.17 bits per heavy atom. The zero-order valence-electron chi connectivity index (χ0n) is 15.1. The molecule has 1 aliphatic rings. The zero-order valence-corrected chi connectivity index (χ0v) is 15.1. The highest BCUT2D eigenvalue weighted by molar-refractivity contribution is 5.81. The summed E-state index contributed by atoms with van der Waals surface area (Å²) >= 11 is 0. The van der Waals surface area contributed by atoms with Crippen molar-refractivity contribution in [3.8, 4) is 0 Å². The van der Waals surface area contributed by atoms with Crippen molar-refractivity contribution in [1.29, 1.82) is 0 Å². The molecule has 1 amide bonds. The first-order valence-corrected chi connectivity index (χ1v) is 8.89. The van der Waals surface area contributed by atoms with Crippen molar-refractivity contribution in [3.05, 3.63) is 35.4 Å². The Balaban J connectivity index is 1.72. The van der Waals surface area contributed by atoms with Crippen LogP contribution in [0.1, 0.15) is 43.7 Å². The summed E-state index contributed by atoms with van der Waals surface area (Å²) in [4.78, 5) is 18.6. The predicted octanol–water partition coefficient (Wildman–Crippen LogP) is 2.45. The lowest BCUT2D eigenvalue weighted by Crippen LogP contribution is -2.44. The van der Waals surface area contributed by atoms with Crippen LogP contribution in [0.15, 0.2) is 29.3 Å². The van der Waals surface area contributed by atoms with E-state index in [1.165, 1.54) is 17.5 Å². The third kappa shape index (κ3) is 5.55. The summed E-state index contributed by atoms with van der Waals surface area (Å²) in [7, 11) is 1.75. The van der Waals surface area contributed by atoms with Crippen LogP contribution in [0.5, 0.6) is 0 Å². The molecule has 2 N–H and O–H groups in total. The van der Waals surface area contributed by atoms with Crippen LogP contribution in [0, 0.1) is 6.92 Å². The van der Waals surface area contributed by atoms with Gasteiger partial charge in [0, 0.05) is 39.1 Å². The van der Waals surface area contributed by atoms with Crippen molar-refractivity contribution in [2.24, 2.45) is 4.99 Å². The van der Waals surface area contributed by atoms with Crippen LogP contribution < -0.4 is 10.6 Å². The average molecular weight is 330 g/mol. The molecule has 5 heteroatoms. The number of benzene rings is 1. The highest BCUT2D eigenvalue weighted by Gasteiger charge is 2.22. The van der Waals surface area contributed by atoms with Crippen molar-refractivity contribution in [2.75, 3.05) is 20.1 Å². The molecule has 1 aromatic carbocycles. The number of piperidine rings is 1.